The molecule has 0 unspecified atom stereocenters. The topological polar surface area (TPSA) is 50.9 Å². The molecule has 1 heterocycles. The molecule has 0 aliphatic rings. The van der Waals surface area contributed by atoms with Crippen LogP contribution in [0.4, 0.5) is 10.1 Å². The van der Waals surface area contributed by atoms with Gasteiger partial charge < -0.3 is 11.1 Å². The van der Waals surface area contributed by atoms with Crippen molar-refractivity contribution in [2.45, 2.75) is 0 Å². The number of thiocarbonyl (C=S) groups is 1. The van der Waals surface area contributed by atoms with E-state index in [4.69, 9.17) is 18.0 Å². The molecule has 0 aliphatic carbocycles. The van der Waals surface area contributed by atoms with Crippen LogP contribution < -0.4 is 11.1 Å². The van der Waals surface area contributed by atoms with E-state index in [1.54, 1.807) is 18.2 Å². The molecule has 0 fully saturated rings. The van der Waals surface area contributed by atoms with Gasteiger partial charge in [0.05, 0.1) is 11.7 Å². The molecule has 15 heavy (non-hydrogen) atoms. The Hall–Kier alpha value is -1.75. The number of benzene rings is 1. The van der Waals surface area contributed by atoms with Crippen molar-refractivity contribution in [1.29, 1.82) is 0 Å². The molecular weight excluding hydrogens is 213 g/mol. The molecule has 2 aromatic rings. The number of fused-ring (bicyclic) bond motifs is 1. The Labute approximate surface area is 91.1 Å². The van der Waals surface area contributed by atoms with Gasteiger partial charge in [0, 0.05) is 11.1 Å². The van der Waals surface area contributed by atoms with Crippen molar-refractivity contribution in [3.8, 4) is 0 Å². The molecule has 0 saturated carbocycles. The van der Waals surface area contributed by atoms with E-state index in [0.717, 1.165) is 11.2 Å². The highest BCUT2D eigenvalue weighted by atomic mass is 32.1. The van der Waals surface area contributed by atoms with Crippen LogP contribution in [0.3, 0.4) is 0 Å². The second-order valence-corrected chi connectivity index (χ2v) is 3.49. The summed E-state index contributed by atoms with van der Waals surface area (Å²) in [5.74, 6) is -0.366. The van der Waals surface area contributed by atoms with E-state index < -0.39 is 0 Å². The number of hydrogen-bond acceptors (Lipinski definition) is 2. The molecule has 0 aliphatic heterocycles. The smallest absolute Gasteiger partial charge is 0.168 e. The maximum absolute atomic E-state index is 12.9. The molecule has 0 radical (unpaired) electrons. The second kappa shape index (κ2) is 3.78. The minimum absolute atomic E-state index is 0.179. The summed E-state index contributed by atoms with van der Waals surface area (Å²) in [5.41, 5.74) is 6.78. The SMILES string of the molecule is NC(=S)Nc1ccc2ncc(F)cc2c1. The van der Waals surface area contributed by atoms with Crippen LogP contribution in [-0.4, -0.2) is 10.1 Å². The van der Waals surface area contributed by atoms with Crippen LogP contribution in [0.15, 0.2) is 30.5 Å². The van der Waals surface area contributed by atoms with Crippen LogP contribution in [-0.2, 0) is 0 Å². The van der Waals surface area contributed by atoms with Crippen LogP contribution in [0.2, 0.25) is 0 Å². The molecule has 76 valence electrons. The van der Waals surface area contributed by atoms with Gasteiger partial charge in [-0.25, -0.2) is 4.39 Å². The van der Waals surface area contributed by atoms with Crippen LogP contribution in [0, 0.1) is 5.82 Å². The fraction of sp³-hybridized carbons (Fsp3) is 0. The van der Waals surface area contributed by atoms with Crippen molar-refractivity contribution in [1.82, 2.24) is 4.98 Å². The van der Waals surface area contributed by atoms with Crippen molar-refractivity contribution in [3.63, 3.8) is 0 Å². The standard InChI is InChI=1S/C10H8FN3S/c11-7-3-6-4-8(14-10(12)15)1-2-9(6)13-5-7/h1-5H,(H3,12,14,15). The summed E-state index contributed by atoms with van der Waals surface area (Å²) < 4.78 is 12.9. The van der Waals surface area contributed by atoms with Gasteiger partial charge in [-0.1, -0.05) is 0 Å². The molecule has 0 atom stereocenters. The number of nitrogens with two attached hydrogens (primary N) is 1. The van der Waals surface area contributed by atoms with E-state index in [0.29, 0.717) is 5.39 Å². The summed E-state index contributed by atoms with van der Waals surface area (Å²) in [6.45, 7) is 0. The summed E-state index contributed by atoms with van der Waals surface area (Å²) in [6, 6.07) is 6.71. The number of halogens is 1. The highest BCUT2D eigenvalue weighted by Crippen LogP contribution is 2.17. The lowest BCUT2D eigenvalue weighted by Crippen LogP contribution is -2.18. The highest BCUT2D eigenvalue weighted by molar-refractivity contribution is 7.80. The van der Waals surface area contributed by atoms with E-state index in [-0.39, 0.29) is 10.9 Å². The van der Waals surface area contributed by atoms with Crippen molar-refractivity contribution in [2.75, 3.05) is 5.32 Å². The molecule has 5 heteroatoms. The van der Waals surface area contributed by atoms with Crippen molar-refractivity contribution >= 4 is 33.9 Å². The monoisotopic (exact) mass is 221 g/mol. The molecule has 0 saturated heterocycles. The van der Waals surface area contributed by atoms with Gasteiger partial charge in [-0.15, -0.1) is 0 Å². The van der Waals surface area contributed by atoms with Gasteiger partial charge in [0.2, 0.25) is 0 Å². The Morgan fingerprint density at radius 3 is 2.93 bits per heavy atom. The van der Waals surface area contributed by atoms with Crippen LogP contribution in [0.1, 0.15) is 0 Å². The summed E-state index contributed by atoms with van der Waals surface area (Å²) in [7, 11) is 0. The average molecular weight is 221 g/mol. The predicted octanol–water partition coefficient (Wildman–Crippen LogP) is 2.03. The first-order chi connectivity index (χ1) is 7.15. The maximum atomic E-state index is 12.9. The maximum Gasteiger partial charge on any atom is 0.168 e. The fourth-order valence-corrected chi connectivity index (χ4v) is 1.44. The zero-order valence-electron chi connectivity index (χ0n) is 7.70. The molecule has 0 amide bonds. The summed E-state index contributed by atoms with van der Waals surface area (Å²) in [5, 5.41) is 3.66. The lowest BCUT2D eigenvalue weighted by atomic mass is 10.2. The molecule has 1 aromatic heterocycles. The van der Waals surface area contributed by atoms with Gasteiger partial charge in [-0.3, -0.25) is 4.98 Å². The third-order valence-corrected chi connectivity index (χ3v) is 2.02. The quantitative estimate of drug-likeness (QED) is 0.723. The number of hydrogen-bond donors (Lipinski definition) is 2. The first-order valence-corrected chi connectivity index (χ1v) is 4.68. The van der Waals surface area contributed by atoms with E-state index in [9.17, 15) is 4.39 Å². The second-order valence-electron chi connectivity index (χ2n) is 3.05. The molecule has 3 nitrogen and oxygen atoms in total. The van der Waals surface area contributed by atoms with Crippen molar-refractivity contribution in [2.24, 2.45) is 5.73 Å². The van der Waals surface area contributed by atoms with Crippen molar-refractivity contribution < 1.29 is 4.39 Å². The Morgan fingerprint density at radius 2 is 2.20 bits per heavy atom. The predicted molar refractivity (Wildman–Crippen MR) is 62.1 cm³/mol. The Bertz CT molecular complexity index is 527. The van der Waals surface area contributed by atoms with Crippen molar-refractivity contribution in [3.05, 3.63) is 36.3 Å². The normalized spacial score (nSPS) is 10.2. The number of aromatic nitrogens is 1. The van der Waals surface area contributed by atoms with Gasteiger partial charge >= 0.3 is 0 Å². The minimum Gasteiger partial charge on any atom is -0.376 e. The number of nitrogens with one attached hydrogen (secondary N) is 1. The van der Waals surface area contributed by atoms with Crippen LogP contribution >= 0.6 is 12.2 Å². The molecule has 0 spiro atoms. The van der Waals surface area contributed by atoms with Gasteiger partial charge in [0.1, 0.15) is 5.82 Å². The Kier molecular flexibility index (Phi) is 2.47. The van der Waals surface area contributed by atoms with E-state index in [1.807, 2.05) is 0 Å². The van der Waals surface area contributed by atoms with Gasteiger partial charge in [-0.05, 0) is 36.5 Å². The lowest BCUT2D eigenvalue weighted by molar-refractivity contribution is 0.624. The number of rotatable bonds is 1. The molecule has 2 rings (SSSR count). The van der Waals surface area contributed by atoms with Gasteiger partial charge in [0.15, 0.2) is 5.11 Å². The molecule has 0 bridgehead atoms. The van der Waals surface area contributed by atoms with Gasteiger partial charge in [-0.2, -0.15) is 0 Å². The lowest BCUT2D eigenvalue weighted by Gasteiger charge is -2.04. The Morgan fingerprint density at radius 1 is 1.40 bits per heavy atom. The highest BCUT2D eigenvalue weighted by Gasteiger charge is 1.99. The third-order valence-electron chi connectivity index (χ3n) is 1.92. The average Bonchev–Trinajstić information content (AvgIpc) is 2.16. The number of nitrogens with zero attached hydrogens (tertiary/aromatic N) is 1. The summed E-state index contributed by atoms with van der Waals surface area (Å²) in [4.78, 5) is 3.93. The number of anilines is 1. The number of pyridine rings is 1. The van der Waals surface area contributed by atoms with E-state index in [2.05, 4.69) is 10.3 Å². The van der Waals surface area contributed by atoms with Crippen LogP contribution in [0.25, 0.3) is 10.9 Å². The molecule has 3 N–H and O–H groups in total. The molecule has 1 aromatic carbocycles. The van der Waals surface area contributed by atoms with Crippen LogP contribution in [0.5, 0.6) is 0 Å². The minimum atomic E-state index is -0.366. The summed E-state index contributed by atoms with van der Waals surface area (Å²) in [6.07, 6.45) is 1.18. The first kappa shape index (κ1) is 9.79. The summed E-state index contributed by atoms with van der Waals surface area (Å²) >= 11 is 4.70. The largest absolute Gasteiger partial charge is 0.376 e. The van der Waals surface area contributed by atoms with E-state index in [1.165, 1.54) is 12.3 Å². The fourth-order valence-electron chi connectivity index (χ4n) is 1.32. The zero-order valence-corrected chi connectivity index (χ0v) is 8.51. The van der Waals surface area contributed by atoms with Gasteiger partial charge in [0.25, 0.3) is 0 Å². The first-order valence-electron chi connectivity index (χ1n) is 4.27. The Balaban J connectivity index is 2.49. The molecular formula is C10H8FN3S. The van der Waals surface area contributed by atoms with E-state index >= 15 is 0 Å². The zero-order chi connectivity index (χ0) is 10.8. The third kappa shape index (κ3) is 2.19.